The molecule has 1 aliphatic carbocycles. The third-order valence-electron chi connectivity index (χ3n) is 5.54. The molecule has 7 heteroatoms. The maximum Gasteiger partial charge on any atom is 0.408 e. The average molecular weight is 480 g/mol. The molecule has 3 rings (SSSR count). The first-order valence-electron chi connectivity index (χ1n) is 12.3. The van der Waals surface area contributed by atoms with Crippen molar-refractivity contribution in [2.24, 2.45) is 0 Å². The monoisotopic (exact) mass is 479 g/mol. The lowest BCUT2D eigenvalue weighted by Gasteiger charge is -2.35. The molecule has 7 nitrogen and oxygen atoms in total. The Morgan fingerprint density at radius 2 is 1.51 bits per heavy atom. The lowest BCUT2D eigenvalue weighted by Crippen LogP contribution is -2.55. The van der Waals surface area contributed by atoms with E-state index in [9.17, 15) is 14.4 Å². The number of benzene rings is 2. The van der Waals surface area contributed by atoms with Crippen molar-refractivity contribution in [2.45, 2.75) is 83.6 Å². The summed E-state index contributed by atoms with van der Waals surface area (Å²) in [7, 11) is 0. The zero-order chi connectivity index (χ0) is 25.6. The van der Waals surface area contributed by atoms with Gasteiger partial charge >= 0.3 is 6.09 Å². The molecule has 3 amide bonds. The molecule has 2 atom stereocenters. The normalized spacial score (nSPS) is 15.1. The summed E-state index contributed by atoms with van der Waals surface area (Å²) >= 11 is 0. The maximum absolute atomic E-state index is 14.1. The van der Waals surface area contributed by atoms with E-state index in [2.05, 4.69) is 10.6 Å². The lowest BCUT2D eigenvalue weighted by molar-refractivity contribution is -0.143. The Morgan fingerprint density at radius 1 is 0.943 bits per heavy atom. The molecule has 2 aromatic carbocycles. The van der Waals surface area contributed by atoms with E-state index in [1.807, 2.05) is 74.5 Å². The fourth-order valence-electron chi connectivity index (χ4n) is 3.99. The van der Waals surface area contributed by atoms with Gasteiger partial charge in [-0.25, -0.2) is 4.79 Å². The quantitative estimate of drug-likeness (QED) is 0.559. The van der Waals surface area contributed by atoms with Crippen molar-refractivity contribution in [1.82, 2.24) is 15.5 Å². The Kier molecular flexibility index (Phi) is 8.54. The molecule has 1 aliphatic rings. The topological polar surface area (TPSA) is 87.7 Å². The van der Waals surface area contributed by atoms with Crippen LogP contribution in [0.1, 0.15) is 64.6 Å². The van der Waals surface area contributed by atoms with Crippen LogP contribution >= 0.6 is 0 Å². The van der Waals surface area contributed by atoms with Gasteiger partial charge in [-0.2, -0.15) is 0 Å². The van der Waals surface area contributed by atoms with Gasteiger partial charge in [0.15, 0.2) is 0 Å². The number of hydrogen-bond acceptors (Lipinski definition) is 4. The molecule has 1 fully saturated rings. The van der Waals surface area contributed by atoms with Crippen LogP contribution in [0.4, 0.5) is 4.79 Å². The van der Waals surface area contributed by atoms with Crippen molar-refractivity contribution in [1.29, 1.82) is 0 Å². The van der Waals surface area contributed by atoms with Crippen LogP contribution in [0.25, 0.3) is 0 Å². The molecule has 0 radical (unpaired) electrons. The van der Waals surface area contributed by atoms with Crippen molar-refractivity contribution >= 4 is 17.9 Å². The number of carbonyl (C=O) groups is 3. The summed E-state index contributed by atoms with van der Waals surface area (Å²) in [4.78, 5) is 41.9. The third kappa shape index (κ3) is 7.84. The predicted molar refractivity (Wildman–Crippen MR) is 136 cm³/mol. The Balaban J connectivity index is 1.96. The second-order valence-electron chi connectivity index (χ2n) is 10.3. The van der Waals surface area contributed by atoms with Gasteiger partial charge in [0, 0.05) is 18.5 Å². The van der Waals surface area contributed by atoms with Crippen LogP contribution in [0.2, 0.25) is 0 Å². The van der Waals surface area contributed by atoms with Gasteiger partial charge in [0.1, 0.15) is 17.7 Å². The van der Waals surface area contributed by atoms with Crippen LogP contribution in [0, 0.1) is 0 Å². The minimum Gasteiger partial charge on any atom is -0.444 e. The van der Waals surface area contributed by atoms with Crippen molar-refractivity contribution < 1.29 is 19.1 Å². The number of rotatable bonds is 9. The van der Waals surface area contributed by atoms with Crippen LogP contribution in [0.3, 0.4) is 0 Å². The van der Waals surface area contributed by atoms with Crippen LogP contribution in [0.5, 0.6) is 0 Å². The van der Waals surface area contributed by atoms with Gasteiger partial charge in [0.25, 0.3) is 0 Å². The second-order valence-corrected chi connectivity index (χ2v) is 10.3. The van der Waals surface area contributed by atoms with Crippen LogP contribution < -0.4 is 10.6 Å². The summed E-state index contributed by atoms with van der Waals surface area (Å²) < 4.78 is 5.46. The van der Waals surface area contributed by atoms with E-state index in [0.717, 1.165) is 24.0 Å². The summed E-state index contributed by atoms with van der Waals surface area (Å²) in [6, 6.07) is 17.0. The van der Waals surface area contributed by atoms with E-state index in [-0.39, 0.29) is 30.3 Å². The van der Waals surface area contributed by atoms with Gasteiger partial charge in [-0.15, -0.1) is 0 Å². The number of carbonyl (C=O) groups excluding carboxylic acids is 3. The number of ether oxygens (including phenoxy) is 1. The van der Waals surface area contributed by atoms with Crippen molar-refractivity contribution in [2.75, 3.05) is 0 Å². The second kappa shape index (κ2) is 11.4. The van der Waals surface area contributed by atoms with E-state index >= 15 is 0 Å². The van der Waals surface area contributed by atoms with E-state index in [1.54, 1.807) is 25.7 Å². The molecule has 0 heterocycles. The molecule has 0 saturated heterocycles. The van der Waals surface area contributed by atoms with Gasteiger partial charge in [-0.3, -0.25) is 9.59 Å². The van der Waals surface area contributed by atoms with Gasteiger partial charge in [-0.05, 0) is 58.6 Å². The van der Waals surface area contributed by atoms with E-state index in [4.69, 9.17) is 4.74 Å². The molecular weight excluding hydrogens is 442 g/mol. The standard InChI is InChI=1S/C28H37N3O4/c1-19(2)29-25(32)24(21-14-10-7-11-15-21)31(22-16-17-22)26(33)23(18-20-12-8-6-9-13-20)30-27(34)35-28(3,4)5/h6-15,19,22-24H,16-18H2,1-5H3,(H,29,32)(H,30,34). The van der Waals surface area contributed by atoms with E-state index in [1.165, 1.54) is 0 Å². The first-order chi connectivity index (χ1) is 16.5. The van der Waals surface area contributed by atoms with Gasteiger partial charge in [0.2, 0.25) is 11.8 Å². The Labute approximate surface area is 208 Å². The van der Waals surface area contributed by atoms with Gasteiger partial charge in [-0.1, -0.05) is 60.7 Å². The molecule has 0 aromatic heterocycles. The molecular formula is C28H37N3O4. The first-order valence-corrected chi connectivity index (χ1v) is 12.3. The van der Waals surface area contributed by atoms with Gasteiger partial charge < -0.3 is 20.3 Å². The molecule has 2 N–H and O–H groups in total. The highest BCUT2D eigenvalue weighted by Crippen LogP contribution is 2.36. The summed E-state index contributed by atoms with van der Waals surface area (Å²) in [6.07, 6.45) is 1.25. The minimum atomic E-state index is -0.883. The van der Waals surface area contributed by atoms with Crippen molar-refractivity contribution in [3.63, 3.8) is 0 Å². The lowest BCUT2D eigenvalue weighted by atomic mass is 10.00. The smallest absolute Gasteiger partial charge is 0.408 e. The molecule has 1 saturated carbocycles. The minimum absolute atomic E-state index is 0.0654. The molecule has 2 unspecified atom stereocenters. The van der Waals surface area contributed by atoms with Crippen molar-refractivity contribution in [3.8, 4) is 0 Å². The zero-order valence-corrected chi connectivity index (χ0v) is 21.3. The molecule has 0 aliphatic heterocycles. The summed E-state index contributed by atoms with van der Waals surface area (Å²) in [5, 5.41) is 5.76. The molecule has 0 bridgehead atoms. The van der Waals surface area contributed by atoms with Crippen LogP contribution in [0.15, 0.2) is 60.7 Å². The van der Waals surface area contributed by atoms with Gasteiger partial charge in [0.05, 0.1) is 0 Å². The Bertz CT molecular complexity index is 998. The highest BCUT2D eigenvalue weighted by molar-refractivity contribution is 5.92. The van der Waals surface area contributed by atoms with Crippen molar-refractivity contribution in [3.05, 3.63) is 71.8 Å². The average Bonchev–Trinajstić information content (AvgIpc) is 3.61. The predicted octanol–water partition coefficient (Wildman–Crippen LogP) is 4.38. The summed E-state index contributed by atoms with van der Waals surface area (Å²) in [5.41, 5.74) is 0.937. The summed E-state index contributed by atoms with van der Waals surface area (Å²) in [5.74, 6) is -0.530. The number of nitrogens with zero attached hydrogens (tertiary/aromatic N) is 1. The number of hydrogen-bond donors (Lipinski definition) is 2. The molecule has 188 valence electrons. The number of alkyl carbamates (subject to hydrolysis) is 1. The van der Waals surface area contributed by atoms with E-state index < -0.39 is 23.8 Å². The number of nitrogens with one attached hydrogen (secondary N) is 2. The first kappa shape index (κ1) is 26.3. The third-order valence-corrected chi connectivity index (χ3v) is 5.54. The SMILES string of the molecule is CC(C)NC(=O)C(c1ccccc1)N(C(=O)C(Cc1ccccc1)NC(=O)OC(C)(C)C)C1CC1. The largest absolute Gasteiger partial charge is 0.444 e. The Hall–Kier alpha value is -3.35. The number of amides is 3. The molecule has 2 aromatic rings. The zero-order valence-electron chi connectivity index (χ0n) is 21.3. The fraction of sp³-hybridized carbons (Fsp3) is 0.464. The highest BCUT2D eigenvalue weighted by atomic mass is 16.6. The maximum atomic E-state index is 14.1. The Morgan fingerprint density at radius 3 is 2.03 bits per heavy atom. The highest BCUT2D eigenvalue weighted by Gasteiger charge is 2.44. The molecule has 0 spiro atoms. The van der Waals surface area contributed by atoms with Crippen LogP contribution in [-0.4, -0.2) is 46.5 Å². The summed E-state index contributed by atoms with van der Waals surface area (Å²) in [6.45, 7) is 9.12. The van der Waals surface area contributed by atoms with Crippen LogP contribution in [-0.2, 0) is 20.7 Å². The molecule has 35 heavy (non-hydrogen) atoms. The van der Waals surface area contributed by atoms with E-state index in [0.29, 0.717) is 0 Å². The fourth-order valence-corrected chi connectivity index (χ4v) is 3.99.